The van der Waals surface area contributed by atoms with Crippen LogP contribution < -0.4 is 20.1 Å². The maximum Gasteiger partial charge on any atom is 0.244 e. The summed E-state index contributed by atoms with van der Waals surface area (Å²) in [5.74, 6) is 0.995. The number of methoxy groups -OCH3 is 1. The Morgan fingerprint density at radius 2 is 1.71 bits per heavy atom. The molecular formula is C30H30N4O4. The smallest absolute Gasteiger partial charge is 0.244 e. The van der Waals surface area contributed by atoms with Crippen molar-refractivity contribution in [1.82, 2.24) is 15.3 Å². The van der Waals surface area contributed by atoms with Crippen LogP contribution in [0.2, 0.25) is 0 Å². The number of nitrogens with zero attached hydrogens (tertiary/aromatic N) is 1. The van der Waals surface area contributed by atoms with E-state index in [4.69, 9.17) is 9.47 Å². The van der Waals surface area contributed by atoms with Gasteiger partial charge in [0, 0.05) is 30.9 Å². The predicted molar refractivity (Wildman–Crippen MR) is 147 cm³/mol. The van der Waals surface area contributed by atoms with Crippen LogP contribution in [0, 0.1) is 0 Å². The molecule has 0 aliphatic heterocycles. The van der Waals surface area contributed by atoms with E-state index in [0.717, 1.165) is 16.7 Å². The quantitative estimate of drug-likeness (QED) is 0.238. The number of carbonyl (C=O) groups is 2. The lowest BCUT2D eigenvalue weighted by molar-refractivity contribution is -0.118. The number of aromatic nitrogens is 2. The van der Waals surface area contributed by atoms with Gasteiger partial charge in [-0.3, -0.25) is 14.9 Å². The molecule has 2 amide bonds. The van der Waals surface area contributed by atoms with Gasteiger partial charge in [0.15, 0.2) is 11.5 Å². The number of benzene rings is 3. The first kappa shape index (κ1) is 26.2. The largest absolute Gasteiger partial charge is 0.493 e. The van der Waals surface area contributed by atoms with Gasteiger partial charge in [-0.25, -0.2) is 4.98 Å². The number of hydrogen-bond donors (Lipinski definition) is 3. The number of carbonyl (C=O) groups excluding carboxylic acids is 2. The van der Waals surface area contributed by atoms with Crippen LogP contribution in [0.4, 0.5) is 5.95 Å². The van der Waals surface area contributed by atoms with Crippen molar-refractivity contribution in [3.63, 3.8) is 0 Å². The number of imidazole rings is 1. The van der Waals surface area contributed by atoms with Crippen molar-refractivity contribution in [1.29, 1.82) is 0 Å². The monoisotopic (exact) mass is 510 g/mol. The van der Waals surface area contributed by atoms with Crippen molar-refractivity contribution in [3.05, 3.63) is 114 Å². The highest BCUT2D eigenvalue weighted by molar-refractivity contribution is 5.93. The van der Waals surface area contributed by atoms with Gasteiger partial charge in [-0.05, 0) is 41.3 Å². The average Bonchev–Trinajstić information content (AvgIpc) is 3.45. The van der Waals surface area contributed by atoms with Gasteiger partial charge >= 0.3 is 0 Å². The molecule has 38 heavy (non-hydrogen) atoms. The van der Waals surface area contributed by atoms with Crippen LogP contribution in [0.5, 0.6) is 11.5 Å². The van der Waals surface area contributed by atoms with Gasteiger partial charge in [0.05, 0.1) is 7.11 Å². The second-order valence-electron chi connectivity index (χ2n) is 8.60. The Morgan fingerprint density at radius 3 is 2.39 bits per heavy atom. The van der Waals surface area contributed by atoms with Gasteiger partial charge in [-0.1, -0.05) is 66.7 Å². The zero-order chi connectivity index (χ0) is 26.6. The van der Waals surface area contributed by atoms with E-state index >= 15 is 0 Å². The van der Waals surface area contributed by atoms with E-state index in [0.29, 0.717) is 30.5 Å². The maximum absolute atomic E-state index is 12.8. The Morgan fingerprint density at radius 1 is 0.974 bits per heavy atom. The molecule has 8 heteroatoms. The molecule has 0 bridgehead atoms. The van der Waals surface area contributed by atoms with Gasteiger partial charge in [-0.2, -0.15) is 0 Å². The Kier molecular flexibility index (Phi) is 9.28. The zero-order valence-corrected chi connectivity index (χ0v) is 21.1. The summed E-state index contributed by atoms with van der Waals surface area (Å²) < 4.78 is 11.4. The molecule has 4 rings (SSSR count). The molecule has 1 atom stereocenters. The molecule has 0 aliphatic carbocycles. The first-order valence-corrected chi connectivity index (χ1v) is 12.3. The third-order valence-electron chi connectivity index (χ3n) is 5.71. The summed E-state index contributed by atoms with van der Waals surface area (Å²) in [6.07, 6.45) is 6.92. The zero-order valence-electron chi connectivity index (χ0n) is 21.1. The second-order valence-corrected chi connectivity index (χ2v) is 8.60. The van der Waals surface area contributed by atoms with Crippen LogP contribution in [0.15, 0.2) is 97.3 Å². The molecule has 3 N–H and O–H groups in total. The molecule has 3 aromatic carbocycles. The van der Waals surface area contributed by atoms with E-state index in [-0.39, 0.29) is 18.2 Å². The second kappa shape index (κ2) is 13.5. The van der Waals surface area contributed by atoms with Gasteiger partial charge in [0.25, 0.3) is 0 Å². The number of amides is 2. The SMILES string of the molecule is COc1cc(/C=C/C(=O)N[C@H](CC(=O)Nc2ncc[nH]2)Cc2ccccc2)ccc1OCc1ccccc1. The van der Waals surface area contributed by atoms with Gasteiger partial charge < -0.3 is 19.8 Å². The molecule has 1 heterocycles. The summed E-state index contributed by atoms with van der Waals surface area (Å²) in [6, 6.07) is 24.7. The minimum Gasteiger partial charge on any atom is -0.493 e. The fourth-order valence-corrected chi connectivity index (χ4v) is 3.88. The van der Waals surface area contributed by atoms with Gasteiger partial charge in [0.2, 0.25) is 17.8 Å². The molecule has 0 radical (unpaired) electrons. The lowest BCUT2D eigenvalue weighted by atomic mass is 10.0. The van der Waals surface area contributed by atoms with Crippen LogP contribution in [0.1, 0.15) is 23.1 Å². The summed E-state index contributed by atoms with van der Waals surface area (Å²) in [5, 5.41) is 5.66. The number of hydrogen-bond acceptors (Lipinski definition) is 5. The lowest BCUT2D eigenvalue weighted by Crippen LogP contribution is -2.38. The number of aromatic amines is 1. The summed E-state index contributed by atoms with van der Waals surface area (Å²) >= 11 is 0. The molecule has 0 spiro atoms. The van der Waals surface area contributed by atoms with E-state index in [1.165, 1.54) is 6.08 Å². The van der Waals surface area contributed by atoms with Crippen molar-refractivity contribution in [3.8, 4) is 11.5 Å². The number of ether oxygens (including phenoxy) is 2. The van der Waals surface area contributed by atoms with Crippen molar-refractivity contribution < 1.29 is 19.1 Å². The van der Waals surface area contributed by atoms with Crippen LogP contribution >= 0.6 is 0 Å². The lowest BCUT2D eigenvalue weighted by Gasteiger charge is -2.17. The summed E-state index contributed by atoms with van der Waals surface area (Å²) in [4.78, 5) is 32.2. The van der Waals surface area contributed by atoms with Crippen LogP contribution in [0.3, 0.4) is 0 Å². The normalized spacial score (nSPS) is 11.6. The first-order valence-electron chi connectivity index (χ1n) is 12.3. The maximum atomic E-state index is 12.8. The molecule has 0 saturated carbocycles. The highest BCUT2D eigenvalue weighted by atomic mass is 16.5. The van der Waals surface area contributed by atoms with E-state index in [1.807, 2.05) is 78.9 Å². The van der Waals surface area contributed by atoms with Crippen molar-refractivity contribution >= 4 is 23.8 Å². The summed E-state index contributed by atoms with van der Waals surface area (Å²) in [7, 11) is 1.58. The van der Waals surface area contributed by atoms with E-state index < -0.39 is 6.04 Å². The number of nitrogens with one attached hydrogen (secondary N) is 3. The van der Waals surface area contributed by atoms with Crippen molar-refractivity contribution in [2.45, 2.75) is 25.5 Å². The molecule has 1 aromatic heterocycles. The molecule has 194 valence electrons. The third-order valence-corrected chi connectivity index (χ3v) is 5.71. The first-order chi connectivity index (χ1) is 18.6. The van der Waals surface area contributed by atoms with Gasteiger partial charge in [0.1, 0.15) is 6.61 Å². The van der Waals surface area contributed by atoms with Crippen LogP contribution in [0.25, 0.3) is 6.08 Å². The Balaban J connectivity index is 1.38. The molecule has 0 fully saturated rings. The molecule has 4 aromatic rings. The highest BCUT2D eigenvalue weighted by Gasteiger charge is 2.17. The molecule has 0 saturated heterocycles. The van der Waals surface area contributed by atoms with Gasteiger partial charge in [-0.15, -0.1) is 0 Å². The summed E-state index contributed by atoms with van der Waals surface area (Å²) in [6.45, 7) is 0.422. The van der Waals surface area contributed by atoms with E-state index in [1.54, 1.807) is 25.6 Å². The predicted octanol–water partition coefficient (Wildman–Crippen LogP) is 4.77. The fraction of sp³-hybridized carbons (Fsp3) is 0.167. The topological polar surface area (TPSA) is 105 Å². The molecule has 0 unspecified atom stereocenters. The minimum absolute atomic E-state index is 0.0937. The van der Waals surface area contributed by atoms with Crippen LogP contribution in [-0.2, 0) is 22.6 Å². The molecule has 8 nitrogen and oxygen atoms in total. The number of rotatable bonds is 12. The average molecular weight is 511 g/mol. The van der Waals surface area contributed by atoms with E-state index in [9.17, 15) is 9.59 Å². The Labute approximate surface area is 221 Å². The number of H-pyrrole nitrogens is 1. The standard InChI is InChI=1S/C30H30N4O4/c1-37-27-19-23(12-14-26(27)38-21-24-10-6-3-7-11-24)13-15-28(35)33-25(18-22-8-4-2-5-9-22)20-29(36)34-30-31-16-17-32-30/h2-17,19,25H,18,20-21H2,1H3,(H,33,35)(H2,31,32,34,36)/b15-13+/t25-/m0/s1. The van der Waals surface area contributed by atoms with Crippen molar-refractivity contribution in [2.24, 2.45) is 0 Å². The summed E-state index contributed by atoms with van der Waals surface area (Å²) in [5.41, 5.74) is 2.85. The Bertz CT molecular complexity index is 1340. The highest BCUT2D eigenvalue weighted by Crippen LogP contribution is 2.29. The van der Waals surface area contributed by atoms with Crippen LogP contribution in [-0.4, -0.2) is 34.9 Å². The molecule has 0 aliphatic rings. The van der Waals surface area contributed by atoms with Crippen molar-refractivity contribution in [2.75, 3.05) is 12.4 Å². The fourth-order valence-electron chi connectivity index (χ4n) is 3.88. The van der Waals surface area contributed by atoms with E-state index in [2.05, 4.69) is 20.6 Å². The Hall–Kier alpha value is -4.85. The number of anilines is 1. The molecular weight excluding hydrogens is 480 g/mol. The minimum atomic E-state index is -0.409. The third kappa shape index (κ3) is 8.09.